The Morgan fingerprint density at radius 2 is 1.97 bits per heavy atom. The van der Waals surface area contributed by atoms with Crippen molar-refractivity contribution in [2.45, 2.75) is 63.5 Å². The first-order chi connectivity index (χ1) is 14.2. The molecule has 6 nitrogen and oxygen atoms in total. The Morgan fingerprint density at radius 3 is 2.83 bits per heavy atom. The molecule has 0 unspecified atom stereocenters. The lowest BCUT2D eigenvalue weighted by molar-refractivity contribution is -0.135. The average molecular weight is 399 g/mol. The summed E-state index contributed by atoms with van der Waals surface area (Å²) in [5.41, 5.74) is 2.77. The monoisotopic (exact) mass is 398 g/mol. The van der Waals surface area contributed by atoms with Gasteiger partial charge in [-0.15, -0.1) is 0 Å². The van der Waals surface area contributed by atoms with Crippen LogP contribution in [0.3, 0.4) is 0 Å². The van der Waals surface area contributed by atoms with Crippen LogP contribution in [0.2, 0.25) is 0 Å². The largest absolute Gasteiger partial charge is 0.371 e. The molecule has 2 heterocycles. The summed E-state index contributed by atoms with van der Waals surface area (Å²) in [6.45, 7) is 4.27. The van der Waals surface area contributed by atoms with Crippen LogP contribution in [0.15, 0.2) is 24.3 Å². The maximum Gasteiger partial charge on any atom is 0.237 e. The number of para-hydroxylation sites is 1. The van der Waals surface area contributed by atoms with Crippen molar-refractivity contribution in [2.24, 2.45) is 0 Å². The average Bonchev–Trinajstić information content (AvgIpc) is 3.27. The smallest absolute Gasteiger partial charge is 0.237 e. The van der Waals surface area contributed by atoms with Crippen molar-refractivity contribution in [1.29, 1.82) is 0 Å². The van der Waals surface area contributed by atoms with E-state index in [1.807, 2.05) is 0 Å². The fourth-order valence-electron chi connectivity index (χ4n) is 5.20. The van der Waals surface area contributed by atoms with Gasteiger partial charge in [0.1, 0.15) is 0 Å². The maximum atomic E-state index is 12.5. The summed E-state index contributed by atoms with van der Waals surface area (Å²) in [6, 6.07) is 8.79. The van der Waals surface area contributed by atoms with Crippen molar-refractivity contribution >= 4 is 17.5 Å². The first-order valence-corrected chi connectivity index (χ1v) is 11.4. The van der Waals surface area contributed by atoms with Crippen molar-refractivity contribution < 1.29 is 9.59 Å². The standard InChI is InChI=1S/C23H34N4O2/c28-22(17-21-23(29)25-13-16-27(21)19-9-2-3-10-19)24-12-6-15-26-14-5-8-18-7-1-4-11-20(18)26/h1,4,7,11,19,21H,2-3,5-6,8-10,12-17H2,(H,24,28)(H,25,29)/t21-/m1/s1. The van der Waals surface area contributed by atoms with E-state index in [1.165, 1.54) is 30.5 Å². The summed E-state index contributed by atoms with van der Waals surface area (Å²) in [7, 11) is 0. The second-order valence-corrected chi connectivity index (χ2v) is 8.61. The first-order valence-electron chi connectivity index (χ1n) is 11.4. The second kappa shape index (κ2) is 9.61. The minimum absolute atomic E-state index is 0.00547. The predicted octanol–water partition coefficient (Wildman–Crippen LogP) is 2.08. The Kier molecular flexibility index (Phi) is 6.70. The number of aryl methyl sites for hydroxylation is 1. The van der Waals surface area contributed by atoms with Gasteiger partial charge in [0, 0.05) is 44.5 Å². The molecule has 1 saturated carbocycles. The van der Waals surface area contributed by atoms with E-state index < -0.39 is 0 Å². The van der Waals surface area contributed by atoms with Gasteiger partial charge in [-0.25, -0.2) is 0 Å². The lowest BCUT2D eigenvalue weighted by Gasteiger charge is -2.38. The Morgan fingerprint density at radius 1 is 1.14 bits per heavy atom. The number of rotatable bonds is 7. The normalized spacial score (nSPS) is 23.0. The quantitative estimate of drug-likeness (QED) is 0.691. The van der Waals surface area contributed by atoms with Gasteiger partial charge in [0.15, 0.2) is 0 Å². The molecule has 29 heavy (non-hydrogen) atoms. The Bertz CT molecular complexity index is 717. The van der Waals surface area contributed by atoms with E-state index in [0.717, 1.165) is 45.3 Å². The number of hydrogen-bond acceptors (Lipinski definition) is 4. The first kappa shape index (κ1) is 20.2. The number of anilines is 1. The molecule has 1 atom stereocenters. The van der Waals surface area contributed by atoms with E-state index >= 15 is 0 Å². The molecule has 0 radical (unpaired) electrons. The van der Waals surface area contributed by atoms with E-state index in [2.05, 4.69) is 44.7 Å². The number of carbonyl (C=O) groups is 2. The molecule has 1 aromatic rings. The third kappa shape index (κ3) is 4.92. The fraction of sp³-hybridized carbons (Fsp3) is 0.652. The Labute approximate surface area is 174 Å². The second-order valence-electron chi connectivity index (χ2n) is 8.61. The zero-order valence-corrected chi connectivity index (χ0v) is 17.4. The summed E-state index contributed by atoms with van der Waals surface area (Å²) in [6.07, 6.45) is 8.33. The van der Waals surface area contributed by atoms with Crippen LogP contribution < -0.4 is 15.5 Å². The molecule has 1 aromatic carbocycles. The molecule has 3 aliphatic rings. The molecular formula is C23H34N4O2. The van der Waals surface area contributed by atoms with Gasteiger partial charge in [0.05, 0.1) is 12.5 Å². The van der Waals surface area contributed by atoms with E-state index in [0.29, 0.717) is 19.1 Å². The number of carbonyl (C=O) groups excluding carboxylic acids is 2. The lowest BCUT2D eigenvalue weighted by Crippen LogP contribution is -2.59. The fourth-order valence-corrected chi connectivity index (χ4v) is 5.20. The molecule has 2 amide bonds. The third-order valence-corrected chi connectivity index (χ3v) is 6.68. The molecule has 2 N–H and O–H groups in total. The Hall–Kier alpha value is -2.08. The van der Waals surface area contributed by atoms with Gasteiger partial charge in [0.2, 0.25) is 11.8 Å². The minimum atomic E-state index is -0.305. The van der Waals surface area contributed by atoms with Gasteiger partial charge in [-0.3, -0.25) is 14.5 Å². The van der Waals surface area contributed by atoms with E-state index in [-0.39, 0.29) is 24.3 Å². The molecule has 158 valence electrons. The van der Waals surface area contributed by atoms with Crippen LogP contribution in [-0.4, -0.2) is 61.5 Å². The molecule has 0 bridgehead atoms. The molecule has 4 rings (SSSR count). The van der Waals surface area contributed by atoms with E-state index in [4.69, 9.17) is 0 Å². The van der Waals surface area contributed by atoms with Crippen molar-refractivity contribution in [2.75, 3.05) is 37.6 Å². The van der Waals surface area contributed by atoms with Crippen LogP contribution >= 0.6 is 0 Å². The lowest BCUT2D eigenvalue weighted by atomic mass is 10.0. The maximum absolute atomic E-state index is 12.5. The highest BCUT2D eigenvalue weighted by molar-refractivity contribution is 5.88. The van der Waals surface area contributed by atoms with Crippen LogP contribution in [0.4, 0.5) is 5.69 Å². The number of amides is 2. The van der Waals surface area contributed by atoms with Gasteiger partial charge in [-0.1, -0.05) is 31.0 Å². The molecular weight excluding hydrogens is 364 g/mol. The SMILES string of the molecule is O=C(C[C@@H]1C(=O)NCCN1C1CCCC1)NCCCN1CCCc2ccccc21. The van der Waals surface area contributed by atoms with Crippen molar-refractivity contribution in [3.05, 3.63) is 29.8 Å². The number of benzene rings is 1. The highest BCUT2D eigenvalue weighted by atomic mass is 16.2. The Balaban J connectivity index is 1.23. The van der Waals surface area contributed by atoms with Crippen LogP contribution in [0, 0.1) is 0 Å². The molecule has 0 spiro atoms. The van der Waals surface area contributed by atoms with Crippen LogP contribution in [0.5, 0.6) is 0 Å². The van der Waals surface area contributed by atoms with Gasteiger partial charge < -0.3 is 15.5 Å². The summed E-state index contributed by atoms with van der Waals surface area (Å²) in [5.74, 6) is 0.0114. The molecule has 1 aliphatic carbocycles. The summed E-state index contributed by atoms with van der Waals surface area (Å²) < 4.78 is 0. The van der Waals surface area contributed by atoms with E-state index in [1.54, 1.807) is 0 Å². The zero-order valence-electron chi connectivity index (χ0n) is 17.4. The summed E-state index contributed by atoms with van der Waals surface area (Å²) >= 11 is 0. The topological polar surface area (TPSA) is 64.7 Å². The zero-order chi connectivity index (χ0) is 20.1. The molecule has 6 heteroatoms. The molecule has 1 saturated heterocycles. The van der Waals surface area contributed by atoms with Crippen molar-refractivity contribution in [3.63, 3.8) is 0 Å². The van der Waals surface area contributed by atoms with Crippen molar-refractivity contribution in [3.8, 4) is 0 Å². The molecule has 2 aliphatic heterocycles. The predicted molar refractivity (Wildman–Crippen MR) is 115 cm³/mol. The number of fused-ring (bicyclic) bond motifs is 1. The van der Waals surface area contributed by atoms with E-state index in [9.17, 15) is 9.59 Å². The van der Waals surface area contributed by atoms with Crippen LogP contribution in [0.25, 0.3) is 0 Å². The summed E-state index contributed by atoms with van der Waals surface area (Å²) in [4.78, 5) is 29.7. The van der Waals surface area contributed by atoms with Crippen molar-refractivity contribution in [1.82, 2.24) is 15.5 Å². The molecule has 2 fully saturated rings. The van der Waals surface area contributed by atoms with Crippen LogP contribution in [-0.2, 0) is 16.0 Å². The minimum Gasteiger partial charge on any atom is -0.371 e. The van der Waals surface area contributed by atoms with Crippen LogP contribution in [0.1, 0.15) is 50.5 Å². The van der Waals surface area contributed by atoms with Gasteiger partial charge in [0.25, 0.3) is 0 Å². The van der Waals surface area contributed by atoms with Gasteiger partial charge in [-0.05, 0) is 43.7 Å². The number of nitrogens with one attached hydrogen (secondary N) is 2. The highest BCUT2D eigenvalue weighted by Gasteiger charge is 2.36. The molecule has 0 aromatic heterocycles. The summed E-state index contributed by atoms with van der Waals surface area (Å²) in [5, 5.41) is 6.00. The van der Waals surface area contributed by atoms with Gasteiger partial charge in [-0.2, -0.15) is 0 Å². The van der Waals surface area contributed by atoms with Gasteiger partial charge >= 0.3 is 0 Å². The third-order valence-electron chi connectivity index (χ3n) is 6.68. The number of piperazine rings is 1. The highest BCUT2D eigenvalue weighted by Crippen LogP contribution is 2.27. The number of hydrogen-bond donors (Lipinski definition) is 2. The number of nitrogens with zero attached hydrogens (tertiary/aromatic N) is 2.